The van der Waals surface area contributed by atoms with Gasteiger partial charge in [-0.25, -0.2) is 4.98 Å². The second-order valence-electron chi connectivity index (χ2n) is 7.24. The molecule has 0 saturated heterocycles. The summed E-state index contributed by atoms with van der Waals surface area (Å²) in [5.41, 5.74) is 1.92. The molecule has 0 aliphatic rings. The van der Waals surface area contributed by atoms with Gasteiger partial charge in [-0.2, -0.15) is 0 Å². The number of nitrogens with zero attached hydrogens (tertiary/aromatic N) is 3. The lowest BCUT2D eigenvalue weighted by Crippen LogP contribution is -2.24. The van der Waals surface area contributed by atoms with Crippen molar-refractivity contribution in [3.8, 4) is 5.75 Å². The monoisotopic (exact) mass is 430 g/mol. The topological polar surface area (TPSA) is 77.0 Å². The smallest absolute Gasteiger partial charge is 0.239 e. The Morgan fingerprint density at radius 1 is 1.31 bits per heavy atom. The molecule has 0 bridgehead atoms. The highest BCUT2D eigenvalue weighted by Crippen LogP contribution is 2.32. The predicted octanol–water partition coefficient (Wildman–Crippen LogP) is 5.11. The van der Waals surface area contributed by atoms with E-state index in [9.17, 15) is 4.79 Å². The zero-order valence-corrected chi connectivity index (χ0v) is 19.0. The number of aromatic nitrogens is 3. The van der Waals surface area contributed by atoms with Crippen LogP contribution in [0, 0.1) is 12.8 Å². The number of thioether (sulfide) groups is 1. The molecule has 0 radical (unpaired) electrons. The molecule has 0 saturated carbocycles. The summed E-state index contributed by atoms with van der Waals surface area (Å²) in [5, 5.41) is 14.3. The molecular formula is C21H26N4O2S2. The third-order valence-corrected chi connectivity index (χ3v) is 6.56. The first-order valence-electron chi connectivity index (χ1n) is 9.65. The van der Waals surface area contributed by atoms with E-state index in [1.165, 1.54) is 23.1 Å². The van der Waals surface area contributed by atoms with Gasteiger partial charge in [-0.05, 0) is 37.0 Å². The first-order chi connectivity index (χ1) is 13.9. The Balaban J connectivity index is 1.77. The molecule has 1 atom stereocenters. The third-order valence-electron chi connectivity index (χ3n) is 4.41. The number of benzene rings is 1. The number of rotatable bonds is 8. The lowest BCUT2D eigenvalue weighted by atomic mass is 10.1. The number of para-hydroxylation sites is 1. The summed E-state index contributed by atoms with van der Waals surface area (Å²) in [6.07, 6.45) is 1.54. The molecule has 6 nitrogen and oxygen atoms in total. The predicted molar refractivity (Wildman–Crippen MR) is 120 cm³/mol. The number of aryl methyl sites for hydroxylation is 1. The molecule has 0 aliphatic heterocycles. The van der Waals surface area contributed by atoms with Crippen molar-refractivity contribution in [1.29, 1.82) is 0 Å². The van der Waals surface area contributed by atoms with Crippen molar-refractivity contribution in [3.63, 3.8) is 0 Å². The number of hydrogen-bond donors (Lipinski definition) is 1. The number of carbonyl (C=O) groups excluding carboxylic acids is 1. The van der Waals surface area contributed by atoms with Gasteiger partial charge in [0.15, 0.2) is 0 Å². The number of amides is 1. The van der Waals surface area contributed by atoms with Crippen LogP contribution in [0.1, 0.15) is 37.8 Å². The molecular weight excluding hydrogens is 404 g/mol. The molecule has 0 aliphatic carbocycles. The van der Waals surface area contributed by atoms with Crippen LogP contribution in [0.2, 0.25) is 0 Å². The molecule has 3 rings (SSSR count). The van der Waals surface area contributed by atoms with Crippen molar-refractivity contribution in [2.75, 3.05) is 12.4 Å². The second-order valence-corrected chi connectivity index (χ2v) is 9.52. The Morgan fingerprint density at radius 2 is 2.10 bits per heavy atom. The fourth-order valence-electron chi connectivity index (χ4n) is 2.98. The van der Waals surface area contributed by atoms with Crippen LogP contribution in [0.15, 0.2) is 29.3 Å². The van der Waals surface area contributed by atoms with Crippen LogP contribution in [0.3, 0.4) is 0 Å². The fraction of sp³-hybridized carbons (Fsp3) is 0.429. The van der Waals surface area contributed by atoms with Crippen LogP contribution in [-0.4, -0.2) is 33.4 Å². The molecule has 0 spiro atoms. The minimum Gasteiger partial charge on any atom is -0.494 e. The van der Waals surface area contributed by atoms with Gasteiger partial charge in [0.05, 0.1) is 17.4 Å². The number of carbonyl (C=O) groups is 1. The van der Waals surface area contributed by atoms with Crippen LogP contribution < -0.4 is 10.1 Å². The zero-order valence-electron chi connectivity index (χ0n) is 17.4. The summed E-state index contributed by atoms with van der Waals surface area (Å²) in [6, 6.07) is 7.91. The Labute approximate surface area is 179 Å². The number of ether oxygens (including phenoxy) is 1. The maximum absolute atomic E-state index is 12.8. The van der Waals surface area contributed by atoms with Gasteiger partial charge in [0.2, 0.25) is 11.0 Å². The first-order valence-corrected chi connectivity index (χ1v) is 11.3. The van der Waals surface area contributed by atoms with Crippen LogP contribution >= 0.6 is 23.1 Å². The van der Waals surface area contributed by atoms with Gasteiger partial charge in [0.25, 0.3) is 0 Å². The summed E-state index contributed by atoms with van der Waals surface area (Å²) in [7, 11) is 1.64. The van der Waals surface area contributed by atoms with Crippen LogP contribution in [0.25, 0.3) is 10.9 Å². The van der Waals surface area contributed by atoms with Crippen molar-refractivity contribution in [3.05, 3.63) is 34.8 Å². The van der Waals surface area contributed by atoms with Gasteiger partial charge >= 0.3 is 0 Å². The molecule has 0 fully saturated rings. The van der Waals surface area contributed by atoms with Gasteiger partial charge in [-0.1, -0.05) is 56.0 Å². The van der Waals surface area contributed by atoms with Crippen LogP contribution in [-0.2, 0) is 11.2 Å². The van der Waals surface area contributed by atoms with E-state index >= 15 is 0 Å². The molecule has 1 unspecified atom stereocenters. The van der Waals surface area contributed by atoms with Crippen molar-refractivity contribution in [2.45, 2.75) is 50.8 Å². The summed E-state index contributed by atoms with van der Waals surface area (Å²) >= 11 is 2.90. The van der Waals surface area contributed by atoms with Crippen molar-refractivity contribution < 1.29 is 9.53 Å². The zero-order chi connectivity index (χ0) is 21.0. The summed E-state index contributed by atoms with van der Waals surface area (Å²) < 4.78 is 5.46. The number of fused-ring (bicyclic) bond motifs is 1. The number of pyridine rings is 1. The lowest BCUT2D eigenvalue weighted by molar-refractivity contribution is -0.115. The molecule has 1 N–H and O–H groups in total. The van der Waals surface area contributed by atoms with Crippen molar-refractivity contribution >= 4 is 45.0 Å². The normalized spacial score (nSPS) is 12.3. The Bertz CT molecular complexity index is 1000. The summed E-state index contributed by atoms with van der Waals surface area (Å²) in [4.78, 5) is 17.6. The van der Waals surface area contributed by atoms with Crippen molar-refractivity contribution in [2.24, 2.45) is 5.92 Å². The third kappa shape index (κ3) is 5.25. The van der Waals surface area contributed by atoms with Crippen LogP contribution in [0.4, 0.5) is 5.13 Å². The highest BCUT2D eigenvalue weighted by Gasteiger charge is 2.21. The number of methoxy groups -OCH3 is 1. The Hall–Kier alpha value is -2.19. The quantitative estimate of drug-likeness (QED) is 0.500. The van der Waals surface area contributed by atoms with E-state index in [1.807, 2.05) is 38.1 Å². The standard InChI is InChI=1S/C21H26N4O2S2/c1-6-16(20(26)23-21-25-24-18(29-21)10-12(2)3)28-17-11-13(4)14-8-7-9-15(27-5)19(14)22-17/h7-9,11-12,16H,6,10H2,1-5H3,(H,23,25,26). The molecule has 8 heteroatoms. The molecule has 1 aromatic carbocycles. The lowest BCUT2D eigenvalue weighted by Gasteiger charge is -2.14. The molecule has 2 heterocycles. The summed E-state index contributed by atoms with van der Waals surface area (Å²) in [5.74, 6) is 1.16. The maximum atomic E-state index is 12.8. The first kappa shape index (κ1) is 21.5. The van der Waals surface area contributed by atoms with E-state index in [0.717, 1.165) is 38.7 Å². The van der Waals surface area contributed by atoms with Gasteiger partial charge in [-0.3, -0.25) is 10.1 Å². The number of anilines is 1. The van der Waals surface area contributed by atoms with Crippen molar-refractivity contribution in [1.82, 2.24) is 15.2 Å². The van der Waals surface area contributed by atoms with Gasteiger partial charge < -0.3 is 4.74 Å². The van der Waals surface area contributed by atoms with E-state index in [1.54, 1.807) is 7.11 Å². The van der Waals surface area contributed by atoms with Crippen LogP contribution in [0.5, 0.6) is 5.75 Å². The largest absolute Gasteiger partial charge is 0.494 e. The summed E-state index contributed by atoms with van der Waals surface area (Å²) in [6.45, 7) is 8.32. The maximum Gasteiger partial charge on any atom is 0.239 e. The molecule has 3 aromatic rings. The highest BCUT2D eigenvalue weighted by molar-refractivity contribution is 8.00. The molecule has 154 valence electrons. The number of hydrogen-bond acceptors (Lipinski definition) is 7. The average Bonchev–Trinajstić information content (AvgIpc) is 3.11. The van der Waals surface area contributed by atoms with E-state index < -0.39 is 0 Å². The highest BCUT2D eigenvalue weighted by atomic mass is 32.2. The molecule has 2 aromatic heterocycles. The minimum absolute atomic E-state index is 0.0793. The van der Waals surface area contributed by atoms with E-state index in [4.69, 9.17) is 9.72 Å². The molecule has 29 heavy (non-hydrogen) atoms. The van der Waals surface area contributed by atoms with Gasteiger partial charge in [-0.15, -0.1) is 10.2 Å². The molecule has 1 amide bonds. The average molecular weight is 431 g/mol. The number of nitrogens with one attached hydrogen (secondary N) is 1. The van der Waals surface area contributed by atoms with Gasteiger partial charge in [0, 0.05) is 11.8 Å². The minimum atomic E-state index is -0.272. The van der Waals surface area contributed by atoms with E-state index in [2.05, 4.69) is 29.4 Å². The van der Waals surface area contributed by atoms with E-state index in [-0.39, 0.29) is 11.2 Å². The van der Waals surface area contributed by atoms with E-state index in [0.29, 0.717) is 17.5 Å². The Morgan fingerprint density at radius 3 is 2.79 bits per heavy atom. The Kier molecular flexibility index (Phi) is 7.08. The fourth-order valence-corrected chi connectivity index (χ4v) is 4.94. The SMILES string of the molecule is CCC(Sc1cc(C)c2cccc(OC)c2n1)C(=O)Nc1nnc(CC(C)C)s1. The second kappa shape index (κ2) is 9.54. The van der Waals surface area contributed by atoms with Gasteiger partial charge in [0.1, 0.15) is 16.3 Å².